The summed E-state index contributed by atoms with van der Waals surface area (Å²) in [5.41, 5.74) is 0.987. The smallest absolute Gasteiger partial charge is 0.337 e. The third-order valence-corrected chi connectivity index (χ3v) is 3.69. The maximum Gasteiger partial charge on any atom is 0.337 e. The Hall–Kier alpha value is -2.64. The number of nitrogens with zero attached hydrogens (tertiary/aromatic N) is 1. The number of aliphatic hydroxyl groups is 1. The van der Waals surface area contributed by atoms with Gasteiger partial charge in [0.2, 0.25) is 0 Å². The number of hydrogen-bond acceptors (Lipinski definition) is 6. The minimum absolute atomic E-state index is 0.0871. The summed E-state index contributed by atoms with van der Waals surface area (Å²) in [6.07, 6.45) is -1.50. The van der Waals surface area contributed by atoms with Crippen LogP contribution in [0, 0.1) is 10.1 Å². The SMILES string of the molecule is CCOC(=O)[C@@H](O)[C@H](Nc1cccc(Cl)c1)c1ccc([N+](=O)[O-])cc1. The highest BCUT2D eigenvalue weighted by Gasteiger charge is 2.29. The van der Waals surface area contributed by atoms with Gasteiger partial charge in [-0.05, 0) is 30.7 Å². The topological polar surface area (TPSA) is 102 Å². The molecule has 0 spiro atoms. The molecular weight excluding hydrogens is 348 g/mol. The molecule has 0 aliphatic rings. The van der Waals surface area contributed by atoms with Crippen LogP contribution < -0.4 is 5.32 Å². The molecule has 132 valence electrons. The van der Waals surface area contributed by atoms with Crippen LogP contribution in [0.1, 0.15) is 18.5 Å². The molecular formula is C17H17ClN2O5. The quantitative estimate of drug-likeness (QED) is 0.444. The van der Waals surface area contributed by atoms with E-state index in [1.165, 1.54) is 24.3 Å². The number of non-ortho nitro benzene ring substituents is 1. The summed E-state index contributed by atoms with van der Waals surface area (Å²) in [4.78, 5) is 22.2. The first-order chi connectivity index (χ1) is 11.9. The Kier molecular flexibility index (Phi) is 6.32. The van der Waals surface area contributed by atoms with E-state index in [9.17, 15) is 20.0 Å². The van der Waals surface area contributed by atoms with Crippen LogP contribution in [0.5, 0.6) is 0 Å². The zero-order valence-corrected chi connectivity index (χ0v) is 14.1. The molecule has 2 rings (SSSR count). The molecule has 2 aromatic carbocycles. The maximum absolute atomic E-state index is 11.9. The molecule has 0 aliphatic heterocycles. The first-order valence-electron chi connectivity index (χ1n) is 7.53. The second-order valence-corrected chi connectivity index (χ2v) is 5.61. The molecule has 0 aliphatic carbocycles. The Labute approximate surface area is 149 Å². The van der Waals surface area contributed by atoms with E-state index < -0.39 is 23.0 Å². The van der Waals surface area contributed by atoms with Crippen molar-refractivity contribution >= 4 is 28.9 Å². The van der Waals surface area contributed by atoms with Crippen LogP contribution in [0.15, 0.2) is 48.5 Å². The van der Waals surface area contributed by atoms with Crippen molar-refractivity contribution in [3.8, 4) is 0 Å². The molecule has 8 heteroatoms. The number of nitrogens with one attached hydrogen (secondary N) is 1. The lowest BCUT2D eigenvalue weighted by atomic mass is 10.0. The number of esters is 1. The average molecular weight is 365 g/mol. The van der Waals surface area contributed by atoms with Crippen molar-refractivity contribution in [3.63, 3.8) is 0 Å². The number of rotatable bonds is 7. The van der Waals surface area contributed by atoms with Crippen LogP contribution in [-0.2, 0) is 9.53 Å². The molecule has 2 aromatic rings. The van der Waals surface area contributed by atoms with Gasteiger partial charge in [0, 0.05) is 22.8 Å². The summed E-state index contributed by atoms with van der Waals surface area (Å²) in [6.45, 7) is 1.76. The van der Waals surface area contributed by atoms with Crippen LogP contribution in [0.25, 0.3) is 0 Å². The fourth-order valence-electron chi connectivity index (χ4n) is 2.27. The van der Waals surface area contributed by atoms with Crippen molar-refractivity contribution in [1.29, 1.82) is 0 Å². The zero-order chi connectivity index (χ0) is 18.4. The third kappa shape index (κ3) is 4.91. The molecule has 0 saturated heterocycles. The summed E-state index contributed by atoms with van der Waals surface area (Å²) >= 11 is 5.95. The minimum Gasteiger partial charge on any atom is -0.464 e. The molecule has 2 N–H and O–H groups in total. The first-order valence-corrected chi connectivity index (χ1v) is 7.91. The molecule has 0 fully saturated rings. The van der Waals surface area contributed by atoms with Gasteiger partial charge in [-0.15, -0.1) is 0 Å². The Bertz CT molecular complexity index is 751. The molecule has 0 radical (unpaired) electrons. The number of carbonyl (C=O) groups excluding carboxylic acids is 1. The average Bonchev–Trinajstić information content (AvgIpc) is 2.59. The predicted molar refractivity (Wildman–Crippen MR) is 93.6 cm³/mol. The van der Waals surface area contributed by atoms with E-state index in [0.29, 0.717) is 16.3 Å². The lowest BCUT2D eigenvalue weighted by molar-refractivity contribution is -0.384. The Morgan fingerprint density at radius 3 is 2.56 bits per heavy atom. The molecule has 0 aromatic heterocycles. The van der Waals surface area contributed by atoms with Crippen molar-refractivity contribution in [2.75, 3.05) is 11.9 Å². The van der Waals surface area contributed by atoms with Crippen molar-refractivity contribution in [3.05, 3.63) is 69.2 Å². The van der Waals surface area contributed by atoms with E-state index in [1.54, 1.807) is 31.2 Å². The van der Waals surface area contributed by atoms with Crippen LogP contribution in [0.2, 0.25) is 5.02 Å². The standard InChI is InChI=1S/C17H17ClN2O5/c1-2-25-17(22)16(21)15(19-13-5-3-4-12(18)10-13)11-6-8-14(9-7-11)20(23)24/h3-10,15-16,19,21H,2H2,1H3/t15-,16+/m1/s1. The summed E-state index contributed by atoms with van der Waals surface area (Å²) in [5.74, 6) is -0.791. The minimum atomic E-state index is -1.50. The summed E-state index contributed by atoms with van der Waals surface area (Å²) < 4.78 is 4.87. The Morgan fingerprint density at radius 2 is 2.00 bits per heavy atom. The van der Waals surface area contributed by atoms with Gasteiger partial charge in [0.15, 0.2) is 6.10 Å². The van der Waals surface area contributed by atoms with Crippen molar-refractivity contribution in [2.24, 2.45) is 0 Å². The van der Waals surface area contributed by atoms with Crippen LogP contribution in [-0.4, -0.2) is 28.7 Å². The van der Waals surface area contributed by atoms with Gasteiger partial charge >= 0.3 is 5.97 Å². The number of halogens is 1. The molecule has 25 heavy (non-hydrogen) atoms. The van der Waals surface area contributed by atoms with Crippen molar-refractivity contribution < 1.29 is 19.6 Å². The zero-order valence-electron chi connectivity index (χ0n) is 13.4. The molecule has 0 bridgehead atoms. The maximum atomic E-state index is 11.9. The highest BCUT2D eigenvalue weighted by molar-refractivity contribution is 6.30. The second-order valence-electron chi connectivity index (χ2n) is 5.18. The van der Waals surface area contributed by atoms with Gasteiger partial charge in [-0.25, -0.2) is 4.79 Å². The number of nitro benzene ring substituents is 1. The lowest BCUT2D eigenvalue weighted by Gasteiger charge is -2.24. The van der Waals surface area contributed by atoms with Gasteiger partial charge in [-0.1, -0.05) is 29.8 Å². The molecule has 0 saturated carbocycles. The first kappa shape index (κ1) is 18.7. The van der Waals surface area contributed by atoms with E-state index in [-0.39, 0.29) is 12.3 Å². The molecule has 0 heterocycles. The summed E-state index contributed by atoms with van der Waals surface area (Å²) in [6, 6.07) is 11.5. The third-order valence-electron chi connectivity index (χ3n) is 3.45. The van der Waals surface area contributed by atoms with Gasteiger partial charge in [-0.3, -0.25) is 10.1 Å². The van der Waals surface area contributed by atoms with Gasteiger partial charge in [0.05, 0.1) is 17.6 Å². The number of anilines is 1. The molecule has 0 unspecified atom stereocenters. The lowest BCUT2D eigenvalue weighted by Crippen LogP contribution is -2.34. The Balaban J connectivity index is 2.33. The van der Waals surface area contributed by atoms with Crippen molar-refractivity contribution in [1.82, 2.24) is 0 Å². The number of ether oxygens (including phenoxy) is 1. The van der Waals surface area contributed by atoms with Crippen LogP contribution >= 0.6 is 11.6 Å². The molecule has 0 amide bonds. The van der Waals surface area contributed by atoms with Crippen LogP contribution in [0.3, 0.4) is 0 Å². The highest BCUT2D eigenvalue weighted by atomic mass is 35.5. The fraction of sp³-hybridized carbons (Fsp3) is 0.235. The van der Waals surface area contributed by atoms with Gasteiger partial charge in [0.1, 0.15) is 0 Å². The number of aliphatic hydroxyl groups excluding tert-OH is 1. The highest BCUT2D eigenvalue weighted by Crippen LogP contribution is 2.27. The van der Waals surface area contributed by atoms with Crippen LogP contribution in [0.4, 0.5) is 11.4 Å². The number of benzene rings is 2. The van der Waals surface area contributed by atoms with E-state index in [0.717, 1.165) is 0 Å². The Morgan fingerprint density at radius 1 is 1.32 bits per heavy atom. The number of hydrogen-bond donors (Lipinski definition) is 2. The van der Waals surface area contributed by atoms with Gasteiger partial charge < -0.3 is 15.2 Å². The summed E-state index contributed by atoms with van der Waals surface area (Å²) in [5, 5.41) is 24.7. The van der Waals surface area contributed by atoms with Gasteiger partial charge in [-0.2, -0.15) is 0 Å². The molecule has 2 atom stereocenters. The van der Waals surface area contributed by atoms with E-state index in [2.05, 4.69) is 5.32 Å². The molecule has 7 nitrogen and oxygen atoms in total. The number of carbonyl (C=O) groups is 1. The predicted octanol–water partition coefficient (Wildman–Crippen LogP) is 3.33. The monoisotopic (exact) mass is 364 g/mol. The van der Waals surface area contributed by atoms with Gasteiger partial charge in [0.25, 0.3) is 5.69 Å². The normalized spacial score (nSPS) is 12.9. The van der Waals surface area contributed by atoms with E-state index >= 15 is 0 Å². The van der Waals surface area contributed by atoms with E-state index in [4.69, 9.17) is 16.3 Å². The second kappa shape index (κ2) is 8.46. The fourth-order valence-corrected chi connectivity index (χ4v) is 2.46. The van der Waals surface area contributed by atoms with Crippen molar-refractivity contribution in [2.45, 2.75) is 19.1 Å². The van der Waals surface area contributed by atoms with E-state index in [1.807, 2.05) is 0 Å². The number of nitro groups is 1. The summed E-state index contributed by atoms with van der Waals surface area (Å²) in [7, 11) is 0. The largest absolute Gasteiger partial charge is 0.464 e.